The number of hydrogen-bond donors (Lipinski definition) is 3. The third kappa shape index (κ3) is 5.01. The van der Waals surface area contributed by atoms with Gasteiger partial charge in [-0.1, -0.05) is 18.2 Å². The summed E-state index contributed by atoms with van der Waals surface area (Å²) < 4.78 is 0. The Labute approximate surface area is 141 Å². The van der Waals surface area contributed by atoms with Crippen LogP contribution in [0.2, 0.25) is 0 Å². The van der Waals surface area contributed by atoms with Crippen LogP contribution in [0, 0.1) is 0 Å². The van der Waals surface area contributed by atoms with Crippen LogP contribution in [0.3, 0.4) is 0 Å². The average Bonchev–Trinajstić information content (AvgIpc) is 2.62. The fourth-order valence-corrected chi connectivity index (χ4v) is 2.23. The Hall–Kier alpha value is -3.02. The Kier molecular flexibility index (Phi) is 6.19. The van der Waals surface area contributed by atoms with E-state index in [1.54, 1.807) is 31.3 Å². The van der Waals surface area contributed by atoms with Crippen LogP contribution in [0.5, 0.6) is 0 Å². The number of rotatable bonds is 6. The SMILES string of the molecule is CCN(CC(=O)Nc1ccc(NC(=O)NC)cc1)c1ccccc1. The van der Waals surface area contributed by atoms with E-state index in [9.17, 15) is 9.59 Å². The van der Waals surface area contributed by atoms with Gasteiger partial charge in [0.25, 0.3) is 0 Å². The van der Waals surface area contributed by atoms with E-state index < -0.39 is 0 Å². The number of nitrogens with one attached hydrogen (secondary N) is 3. The number of amides is 3. The van der Waals surface area contributed by atoms with Gasteiger partial charge in [0.2, 0.25) is 5.91 Å². The molecule has 2 aromatic carbocycles. The van der Waals surface area contributed by atoms with Crippen molar-refractivity contribution in [2.75, 3.05) is 35.7 Å². The number of benzene rings is 2. The van der Waals surface area contributed by atoms with Crippen molar-refractivity contribution in [3.63, 3.8) is 0 Å². The van der Waals surface area contributed by atoms with Crippen molar-refractivity contribution in [2.24, 2.45) is 0 Å². The molecule has 0 bridgehead atoms. The largest absolute Gasteiger partial charge is 0.362 e. The minimum Gasteiger partial charge on any atom is -0.362 e. The predicted octanol–water partition coefficient (Wildman–Crippen LogP) is 2.90. The van der Waals surface area contributed by atoms with Gasteiger partial charge in [0.15, 0.2) is 0 Å². The highest BCUT2D eigenvalue weighted by Gasteiger charge is 2.10. The van der Waals surface area contributed by atoms with Gasteiger partial charge in [-0.3, -0.25) is 4.79 Å². The summed E-state index contributed by atoms with van der Waals surface area (Å²) in [5, 5.41) is 8.00. The summed E-state index contributed by atoms with van der Waals surface area (Å²) >= 11 is 0. The van der Waals surface area contributed by atoms with Crippen LogP contribution in [-0.2, 0) is 4.79 Å². The molecule has 0 fully saturated rings. The van der Waals surface area contributed by atoms with Gasteiger partial charge >= 0.3 is 6.03 Å². The molecule has 0 aliphatic rings. The predicted molar refractivity (Wildman–Crippen MR) is 97.5 cm³/mol. The zero-order chi connectivity index (χ0) is 17.4. The van der Waals surface area contributed by atoms with Crippen molar-refractivity contribution in [1.29, 1.82) is 0 Å². The Balaban J connectivity index is 1.93. The molecule has 0 unspecified atom stereocenters. The van der Waals surface area contributed by atoms with Crippen LogP contribution in [0.1, 0.15) is 6.92 Å². The summed E-state index contributed by atoms with van der Waals surface area (Å²) in [5.41, 5.74) is 2.36. The molecule has 0 atom stereocenters. The van der Waals surface area contributed by atoms with Crippen LogP contribution in [0.25, 0.3) is 0 Å². The summed E-state index contributed by atoms with van der Waals surface area (Å²) in [6, 6.07) is 16.5. The summed E-state index contributed by atoms with van der Waals surface area (Å²) in [5.74, 6) is -0.0901. The quantitative estimate of drug-likeness (QED) is 0.764. The molecule has 0 aliphatic heterocycles. The third-order valence-electron chi connectivity index (χ3n) is 3.49. The number of carbonyl (C=O) groups excluding carboxylic acids is 2. The summed E-state index contributed by atoms with van der Waals surface area (Å²) in [6.07, 6.45) is 0. The second-order valence-corrected chi connectivity index (χ2v) is 5.18. The minimum atomic E-state index is -0.284. The first-order valence-corrected chi connectivity index (χ1v) is 7.81. The van der Waals surface area contributed by atoms with Gasteiger partial charge in [0, 0.05) is 30.7 Å². The van der Waals surface area contributed by atoms with Crippen molar-refractivity contribution in [3.8, 4) is 0 Å². The fraction of sp³-hybridized carbons (Fsp3) is 0.222. The Bertz CT molecular complexity index is 671. The lowest BCUT2D eigenvalue weighted by molar-refractivity contribution is -0.115. The molecule has 2 rings (SSSR count). The molecule has 0 aliphatic carbocycles. The molecule has 0 spiro atoms. The number of nitrogens with zero attached hydrogens (tertiary/aromatic N) is 1. The second-order valence-electron chi connectivity index (χ2n) is 5.18. The van der Waals surface area contributed by atoms with Crippen molar-refractivity contribution < 1.29 is 9.59 Å². The molecule has 6 nitrogen and oxygen atoms in total. The standard InChI is InChI=1S/C18H22N4O2/c1-3-22(16-7-5-4-6-8-16)13-17(23)20-14-9-11-15(12-10-14)21-18(24)19-2/h4-12H,3,13H2,1-2H3,(H,20,23)(H2,19,21,24). The minimum absolute atomic E-state index is 0.0901. The maximum atomic E-state index is 12.2. The van der Waals surface area contributed by atoms with Gasteiger partial charge in [-0.2, -0.15) is 0 Å². The van der Waals surface area contributed by atoms with Gasteiger partial charge in [0.1, 0.15) is 0 Å². The molecule has 0 aromatic heterocycles. The van der Waals surface area contributed by atoms with E-state index in [1.807, 2.05) is 42.2 Å². The molecule has 3 amide bonds. The smallest absolute Gasteiger partial charge is 0.318 e. The normalized spacial score (nSPS) is 9.92. The van der Waals surface area contributed by atoms with E-state index in [4.69, 9.17) is 0 Å². The van der Waals surface area contributed by atoms with Gasteiger partial charge in [0.05, 0.1) is 6.54 Å². The van der Waals surface area contributed by atoms with Crippen LogP contribution < -0.4 is 20.9 Å². The van der Waals surface area contributed by atoms with Crippen LogP contribution in [0.15, 0.2) is 54.6 Å². The van der Waals surface area contributed by atoms with E-state index in [0.29, 0.717) is 11.4 Å². The number of hydrogen-bond acceptors (Lipinski definition) is 3. The van der Waals surface area contributed by atoms with E-state index in [1.165, 1.54) is 0 Å². The van der Waals surface area contributed by atoms with E-state index in [-0.39, 0.29) is 18.5 Å². The molecule has 0 saturated carbocycles. The van der Waals surface area contributed by atoms with E-state index >= 15 is 0 Å². The number of likely N-dealkylation sites (N-methyl/N-ethyl adjacent to an activating group) is 1. The molecular formula is C18H22N4O2. The second kappa shape index (κ2) is 8.57. The van der Waals surface area contributed by atoms with E-state index in [0.717, 1.165) is 12.2 Å². The zero-order valence-corrected chi connectivity index (χ0v) is 13.9. The lowest BCUT2D eigenvalue weighted by Gasteiger charge is -2.22. The molecule has 126 valence electrons. The molecule has 3 N–H and O–H groups in total. The Morgan fingerprint density at radius 3 is 2.04 bits per heavy atom. The van der Waals surface area contributed by atoms with Crippen molar-refractivity contribution in [1.82, 2.24) is 5.32 Å². The van der Waals surface area contributed by atoms with Crippen LogP contribution in [0.4, 0.5) is 21.9 Å². The summed E-state index contributed by atoms with van der Waals surface area (Å²) in [7, 11) is 1.55. The number of para-hydroxylation sites is 1. The first-order valence-electron chi connectivity index (χ1n) is 7.81. The highest BCUT2D eigenvalue weighted by molar-refractivity contribution is 5.94. The lowest BCUT2D eigenvalue weighted by atomic mass is 10.2. The van der Waals surface area contributed by atoms with Crippen LogP contribution in [-0.4, -0.2) is 32.1 Å². The van der Waals surface area contributed by atoms with Gasteiger partial charge < -0.3 is 20.9 Å². The highest BCUT2D eigenvalue weighted by atomic mass is 16.2. The number of urea groups is 1. The molecule has 24 heavy (non-hydrogen) atoms. The molecule has 0 saturated heterocycles. The summed E-state index contributed by atoms with van der Waals surface area (Å²) in [6.45, 7) is 3.03. The number of carbonyl (C=O) groups is 2. The Morgan fingerprint density at radius 1 is 0.917 bits per heavy atom. The summed E-state index contributed by atoms with van der Waals surface area (Å²) in [4.78, 5) is 25.5. The maximum absolute atomic E-state index is 12.2. The topological polar surface area (TPSA) is 73.5 Å². The average molecular weight is 326 g/mol. The molecule has 0 radical (unpaired) electrons. The van der Waals surface area contributed by atoms with Crippen LogP contribution >= 0.6 is 0 Å². The maximum Gasteiger partial charge on any atom is 0.318 e. The van der Waals surface area contributed by atoms with Crippen molar-refractivity contribution in [2.45, 2.75) is 6.92 Å². The van der Waals surface area contributed by atoms with Gasteiger partial charge in [-0.15, -0.1) is 0 Å². The fourth-order valence-electron chi connectivity index (χ4n) is 2.23. The number of anilines is 3. The highest BCUT2D eigenvalue weighted by Crippen LogP contribution is 2.15. The van der Waals surface area contributed by atoms with Crippen molar-refractivity contribution >= 4 is 29.0 Å². The lowest BCUT2D eigenvalue weighted by Crippen LogP contribution is -2.33. The van der Waals surface area contributed by atoms with Gasteiger partial charge in [-0.05, 0) is 43.3 Å². The third-order valence-corrected chi connectivity index (χ3v) is 3.49. The first kappa shape index (κ1) is 17.3. The molecule has 2 aromatic rings. The van der Waals surface area contributed by atoms with Crippen molar-refractivity contribution in [3.05, 3.63) is 54.6 Å². The molecular weight excluding hydrogens is 304 g/mol. The monoisotopic (exact) mass is 326 g/mol. The van der Waals surface area contributed by atoms with E-state index in [2.05, 4.69) is 16.0 Å². The first-order chi connectivity index (χ1) is 11.6. The molecule has 0 heterocycles. The zero-order valence-electron chi connectivity index (χ0n) is 13.9. The Morgan fingerprint density at radius 2 is 1.50 bits per heavy atom. The molecule has 6 heteroatoms. The van der Waals surface area contributed by atoms with Gasteiger partial charge in [-0.25, -0.2) is 4.79 Å².